The number of ether oxygens (including phenoxy) is 2. The van der Waals surface area contributed by atoms with Crippen molar-refractivity contribution in [2.75, 3.05) is 7.11 Å². The normalized spacial score (nSPS) is 9.89. The number of aldehydes is 1. The van der Waals surface area contributed by atoms with Crippen molar-refractivity contribution in [2.45, 2.75) is 6.92 Å². The first-order chi connectivity index (χ1) is 8.72. The van der Waals surface area contributed by atoms with Gasteiger partial charge in [-0.3, -0.25) is 4.79 Å². The summed E-state index contributed by atoms with van der Waals surface area (Å²) in [6.07, 6.45) is 2.10. The molecule has 5 heteroatoms. The van der Waals surface area contributed by atoms with Gasteiger partial charge in [-0.15, -0.1) is 0 Å². The van der Waals surface area contributed by atoms with Crippen molar-refractivity contribution in [3.8, 4) is 17.4 Å². The van der Waals surface area contributed by atoms with Crippen molar-refractivity contribution in [3.63, 3.8) is 0 Å². The summed E-state index contributed by atoms with van der Waals surface area (Å²) in [6.45, 7) is 1.73. The molecule has 92 valence electrons. The summed E-state index contributed by atoms with van der Waals surface area (Å²) in [5.41, 5.74) is 0.316. The molecule has 0 amide bonds. The van der Waals surface area contributed by atoms with E-state index < -0.39 is 0 Å². The molecule has 0 spiro atoms. The SMILES string of the molecule is COc1ccc(Oc2nc(C)ncc2C=O)cc1. The standard InChI is InChI=1S/C13H12N2O3/c1-9-14-7-10(8-16)13(15-9)18-12-5-3-11(17-2)4-6-12/h3-8H,1-2H3. The van der Waals surface area contributed by atoms with Crippen LogP contribution in [0.1, 0.15) is 16.2 Å². The number of carbonyl (C=O) groups is 1. The summed E-state index contributed by atoms with van der Waals surface area (Å²) in [7, 11) is 1.59. The van der Waals surface area contributed by atoms with Crippen molar-refractivity contribution in [2.24, 2.45) is 0 Å². The van der Waals surface area contributed by atoms with Gasteiger partial charge in [-0.2, -0.15) is 4.98 Å². The Labute approximate surface area is 104 Å². The second kappa shape index (κ2) is 5.27. The van der Waals surface area contributed by atoms with Gasteiger partial charge >= 0.3 is 0 Å². The molecule has 2 aromatic rings. The van der Waals surface area contributed by atoms with E-state index in [0.29, 0.717) is 23.4 Å². The molecule has 0 bridgehead atoms. The number of rotatable bonds is 4. The molecule has 0 aliphatic heterocycles. The summed E-state index contributed by atoms with van der Waals surface area (Å²) in [6, 6.07) is 7.02. The third-order valence-electron chi connectivity index (χ3n) is 2.30. The Morgan fingerprint density at radius 2 is 1.83 bits per heavy atom. The Kier molecular flexibility index (Phi) is 3.52. The van der Waals surface area contributed by atoms with E-state index in [4.69, 9.17) is 9.47 Å². The summed E-state index contributed by atoms with van der Waals surface area (Å²) in [4.78, 5) is 18.9. The predicted octanol–water partition coefficient (Wildman–Crippen LogP) is 2.40. The predicted molar refractivity (Wildman–Crippen MR) is 65.2 cm³/mol. The van der Waals surface area contributed by atoms with Crippen molar-refractivity contribution < 1.29 is 14.3 Å². The summed E-state index contributed by atoms with van der Waals surface area (Å²) < 4.78 is 10.6. The quantitative estimate of drug-likeness (QED) is 0.773. The van der Waals surface area contributed by atoms with Crippen LogP contribution in [0, 0.1) is 6.92 Å². The van der Waals surface area contributed by atoms with Crippen LogP contribution in [0.3, 0.4) is 0 Å². The van der Waals surface area contributed by atoms with E-state index in [1.165, 1.54) is 6.20 Å². The van der Waals surface area contributed by atoms with E-state index in [2.05, 4.69) is 9.97 Å². The molecule has 5 nitrogen and oxygen atoms in total. The molecule has 1 aromatic heterocycles. The monoisotopic (exact) mass is 244 g/mol. The van der Waals surface area contributed by atoms with Gasteiger partial charge in [0.05, 0.1) is 12.7 Å². The minimum absolute atomic E-state index is 0.252. The molecule has 2 rings (SSSR count). The molecule has 0 N–H and O–H groups in total. The first kappa shape index (κ1) is 12.0. The van der Waals surface area contributed by atoms with Gasteiger partial charge in [-0.1, -0.05) is 0 Å². The Balaban J connectivity index is 2.27. The molecular formula is C13H12N2O3. The van der Waals surface area contributed by atoms with Gasteiger partial charge in [-0.25, -0.2) is 4.98 Å². The number of nitrogens with zero attached hydrogens (tertiary/aromatic N) is 2. The van der Waals surface area contributed by atoms with E-state index in [9.17, 15) is 4.79 Å². The highest BCUT2D eigenvalue weighted by atomic mass is 16.5. The number of aryl methyl sites for hydroxylation is 1. The van der Waals surface area contributed by atoms with Crippen LogP contribution in [0.5, 0.6) is 17.4 Å². The Bertz CT molecular complexity index is 553. The fourth-order valence-corrected chi connectivity index (χ4v) is 1.38. The molecule has 0 saturated heterocycles. The van der Waals surface area contributed by atoms with Crippen molar-refractivity contribution in [1.82, 2.24) is 9.97 Å². The average Bonchev–Trinajstić information content (AvgIpc) is 2.40. The van der Waals surface area contributed by atoms with Crippen LogP contribution >= 0.6 is 0 Å². The largest absolute Gasteiger partial charge is 0.497 e. The lowest BCUT2D eigenvalue weighted by Crippen LogP contribution is -1.98. The first-order valence-corrected chi connectivity index (χ1v) is 5.33. The number of hydrogen-bond acceptors (Lipinski definition) is 5. The fourth-order valence-electron chi connectivity index (χ4n) is 1.38. The topological polar surface area (TPSA) is 61.3 Å². The van der Waals surface area contributed by atoms with Crippen molar-refractivity contribution in [3.05, 3.63) is 41.9 Å². The Morgan fingerprint density at radius 1 is 1.17 bits per heavy atom. The molecule has 0 fully saturated rings. The second-order valence-electron chi connectivity index (χ2n) is 3.57. The van der Waals surface area contributed by atoms with Gasteiger partial charge in [0.2, 0.25) is 5.88 Å². The van der Waals surface area contributed by atoms with E-state index in [1.54, 1.807) is 38.3 Å². The van der Waals surface area contributed by atoms with Crippen LogP contribution in [0.15, 0.2) is 30.5 Å². The molecule has 1 heterocycles. The van der Waals surface area contributed by atoms with Gasteiger partial charge in [-0.05, 0) is 31.2 Å². The van der Waals surface area contributed by atoms with Crippen molar-refractivity contribution in [1.29, 1.82) is 0 Å². The maximum Gasteiger partial charge on any atom is 0.233 e. The third kappa shape index (κ3) is 2.63. The Morgan fingerprint density at radius 3 is 2.44 bits per heavy atom. The highest BCUT2D eigenvalue weighted by molar-refractivity contribution is 5.77. The number of aromatic nitrogens is 2. The number of hydrogen-bond donors (Lipinski definition) is 0. The lowest BCUT2D eigenvalue weighted by molar-refractivity contribution is 0.112. The van der Waals surface area contributed by atoms with E-state index >= 15 is 0 Å². The van der Waals surface area contributed by atoms with E-state index in [1.807, 2.05) is 0 Å². The number of benzene rings is 1. The van der Waals surface area contributed by atoms with Gasteiger partial charge in [0, 0.05) is 6.20 Å². The lowest BCUT2D eigenvalue weighted by atomic mass is 10.3. The molecule has 18 heavy (non-hydrogen) atoms. The average molecular weight is 244 g/mol. The molecule has 0 aliphatic rings. The van der Waals surface area contributed by atoms with Crippen LogP contribution in [0.4, 0.5) is 0 Å². The summed E-state index contributed by atoms with van der Waals surface area (Å²) in [5, 5.41) is 0. The van der Waals surface area contributed by atoms with Crippen LogP contribution in [-0.4, -0.2) is 23.4 Å². The molecular weight excluding hydrogens is 232 g/mol. The van der Waals surface area contributed by atoms with Gasteiger partial charge < -0.3 is 9.47 Å². The zero-order chi connectivity index (χ0) is 13.0. The highest BCUT2D eigenvalue weighted by Gasteiger charge is 2.07. The minimum Gasteiger partial charge on any atom is -0.497 e. The molecule has 0 atom stereocenters. The lowest BCUT2D eigenvalue weighted by Gasteiger charge is -2.07. The molecule has 0 radical (unpaired) electrons. The van der Waals surface area contributed by atoms with Gasteiger partial charge in [0.15, 0.2) is 6.29 Å². The van der Waals surface area contributed by atoms with Crippen LogP contribution in [0.25, 0.3) is 0 Å². The van der Waals surface area contributed by atoms with Gasteiger partial charge in [0.1, 0.15) is 17.3 Å². The zero-order valence-electron chi connectivity index (χ0n) is 10.1. The maximum absolute atomic E-state index is 10.8. The van der Waals surface area contributed by atoms with Crippen LogP contribution in [0.2, 0.25) is 0 Å². The number of carbonyl (C=O) groups excluding carboxylic acids is 1. The summed E-state index contributed by atoms with van der Waals surface area (Å²) in [5.74, 6) is 2.11. The maximum atomic E-state index is 10.8. The number of methoxy groups -OCH3 is 1. The van der Waals surface area contributed by atoms with Crippen LogP contribution < -0.4 is 9.47 Å². The van der Waals surface area contributed by atoms with Gasteiger partial charge in [0.25, 0.3) is 0 Å². The summed E-state index contributed by atoms with van der Waals surface area (Å²) >= 11 is 0. The highest BCUT2D eigenvalue weighted by Crippen LogP contribution is 2.24. The molecule has 0 unspecified atom stereocenters. The molecule has 0 aliphatic carbocycles. The first-order valence-electron chi connectivity index (χ1n) is 5.33. The van der Waals surface area contributed by atoms with E-state index in [-0.39, 0.29) is 5.88 Å². The van der Waals surface area contributed by atoms with Crippen molar-refractivity contribution >= 4 is 6.29 Å². The van der Waals surface area contributed by atoms with E-state index in [0.717, 1.165) is 5.75 Å². The Hall–Kier alpha value is -2.43. The minimum atomic E-state index is 0.252. The third-order valence-corrected chi connectivity index (χ3v) is 2.30. The molecule has 1 aromatic carbocycles. The van der Waals surface area contributed by atoms with Crippen LogP contribution in [-0.2, 0) is 0 Å². The fraction of sp³-hybridized carbons (Fsp3) is 0.154. The zero-order valence-corrected chi connectivity index (χ0v) is 10.1. The second-order valence-corrected chi connectivity index (χ2v) is 3.57. The molecule has 0 saturated carbocycles. The smallest absolute Gasteiger partial charge is 0.233 e.